The highest BCUT2D eigenvalue weighted by Gasteiger charge is 2.19. The van der Waals surface area contributed by atoms with Gasteiger partial charge in [-0.25, -0.2) is 14.1 Å². The first-order chi connectivity index (χ1) is 15.2. The summed E-state index contributed by atoms with van der Waals surface area (Å²) >= 11 is 0. The van der Waals surface area contributed by atoms with E-state index in [1.807, 2.05) is 12.1 Å². The molecule has 0 aliphatic carbocycles. The molecule has 8 nitrogen and oxygen atoms in total. The molecule has 0 spiro atoms. The lowest BCUT2D eigenvalue weighted by Gasteiger charge is -2.12. The molecule has 1 aromatic carbocycles. The summed E-state index contributed by atoms with van der Waals surface area (Å²) in [5.74, 6) is 0.353. The number of carbonyl (C=O) groups excluding carboxylic acids is 1. The maximum absolute atomic E-state index is 13.3. The highest BCUT2D eigenvalue weighted by atomic mass is 19.1. The van der Waals surface area contributed by atoms with Crippen LogP contribution in [0.25, 0.3) is 11.5 Å². The summed E-state index contributed by atoms with van der Waals surface area (Å²) in [6, 6.07) is 15.0. The zero-order valence-electron chi connectivity index (χ0n) is 16.4. The Morgan fingerprint density at radius 1 is 1.10 bits per heavy atom. The molecule has 3 heterocycles. The quantitative estimate of drug-likeness (QED) is 0.452. The summed E-state index contributed by atoms with van der Waals surface area (Å²) in [6.07, 6.45) is 6.68. The van der Waals surface area contributed by atoms with Crippen molar-refractivity contribution in [3.8, 4) is 17.6 Å². The van der Waals surface area contributed by atoms with Crippen molar-refractivity contribution in [2.24, 2.45) is 0 Å². The Hall–Kier alpha value is -4.45. The maximum Gasteiger partial charge on any atom is 0.256 e. The molecule has 2 N–H and O–H groups in total. The number of nitrogens with zero attached hydrogens (tertiary/aromatic N) is 5. The lowest BCUT2D eigenvalue weighted by atomic mass is 10.2. The average molecular weight is 415 g/mol. The smallest absolute Gasteiger partial charge is 0.256 e. The van der Waals surface area contributed by atoms with Crippen molar-refractivity contribution in [2.45, 2.75) is 0 Å². The van der Waals surface area contributed by atoms with Crippen LogP contribution in [-0.4, -0.2) is 38.3 Å². The fraction of sp³-hybridized carbons (Fsp3) is 0.0909. The maximum atomic E-state index is 13.3. The van der Waals surface area contributed by atoms with Crippen molar-refractivity contribution in [3.05, 3.63) is 90.3 Å². The third kappa shape index (κ3) is 4.28. The minimum absolute atomic E-state index is 0.305. The van der Waals surface area contributed by atoms with Crippen molar-refractivity contribution in [1.82, 2.24) is 24.6 Å². The molecule has 0 saturated carbocycles. The molecule has 9 heteroatoms. The molecule has 4 rings (SSSR count). The van der Waals surface area contributed by atoms with Gasteiger partial charge in [0, 0.05) is 31.7 Å². The van der Waals surface area contributed by atoms with Gasteiger partial charge in [0.25, 0.3) is 5.91 Å². The zero-order valence-corrected chi connectivity index (χ0v) is 16.4. The van der Waals surface area contributed by atoms with Gasteiger partial charge in [-0.1, -0.05) is 0 Å². The highest BCUT2D eigenvalue weighted by Crippen LogP contribution is 2.20. The molecule has 0 fully saturated rings. The molecular weight excluding hydrogens is 397 g/mol. The van der Waals surface area contributed by atoms with Gasteiger partial charge in [-0.3, -0.25) is 4.79 Å². The van der Waals surface area contributed by atoms with Gasteiger partial charge in [-0.15, -0.1) is 0 Å². The number of carbonyl (C=O) groups is 1. The Bertz CT molecular complexity index is 1220. The Morgan fingerprint density at radius 3 is 2.61 bits per heavy atom. The fourth-order valence-corrected chi connectivity index (χ4v) is 3.09. The minimum atomic E-state index is -0.351. The molecule has 0 radical (unpaired) electrons. The molecule has 0 saturated heterocycles. The number of anilines is 1. The van der Waals surface area contributed by atoms with Gasteiger partial charge in [-0.2, -0.15) is 10.4 Å². The number of halogens is 1. The molecular formula is C22H18FN7O. The zero-order chi connectivity index (χ0) is 21.6. The van der Waals surface area contributed by atoms with E-state index in [1.165, 1.54) is 18.3 Å². The van der Waals surface area contributed by atoms with E-state index >= 15 is 0 Å². The van der Waals surface area contributed by atoms with Crippen LogP contribution in [0.15, 0.2) is 73.3 Å². The van der Waals surface area contributed by atoms with Gasteiger partial charge in [0.05, 0.1) is 17.4 Å². The first-order valence-electron chi connectivity index (χ1n) is 9.52. The van der Waals surface area contributed by atoms with Gasteiger partial charge in [-0.05, 0) is 48.5 Å². The standard InChI is InChI=1S/C22H18FN7O/c23-17-5-7-18(8-6-17)30-22(29-12-1-2-13-29)19(15-28-30)21(31)27-11-10-26-20-16(14-24)4-3-9-25-20/h1-9,12-13,15H,10-11H2,(H,25,26)(H,27,31). The number of hydrogen-bond donors (Lipinski definition) is 2. The van der Waals surface area contributed by atoms with E-state index in [9.17, 15) is 9.18 Å². The van der Waals surface area contributed by atoms with Crippen LogP contribution in [-0.2, 0) is 0 Å². The number of rotatable bonds is 7. The van der Waals surface area contributed by atoms with E-state index in [2.05, 4.69) is 26.8 Å². The van der Waals surface area contributed by atoms with Crippen LogP contribution < -0.4 is 10.6 Å². The Kier molecular flexibility index (Phi) is 5.71. The van der Waals surface area contributed by atoms with E-state index < -0.39 is 0 Å². The van der Waals surface area contributed by atoms with Crippen LogP contribution in [0, 0.1) is 17.1 Å². The van der Waals surface area contributed by atoms with Gasteiger partial charge in [0.1, 0.15) is 23.3 Å². The Labute approximate surface area is 177 Å². The lowest BCUT2D eigenvalue weighted by molar-refractivity contribution is 0.0955. The first-order valence-corrected chi connectivity index (χ1v) is 9.52. The van der Waals surface area contributed by atoms with E-state index in [0.717, 1.165) is 0 Å². The van der Waals surface area contributed by atoms with Crippen LogP contribution in [0.2, 0.25) is 0 Å². The van der Waals surface area contributed by atoms with Crippen molar-refractivity contribution >= 4 is 11.7 Å². The molecule has 0 aliphatic heterocycles. The SMILES string of the molecule is N#Cc1cccnc1NCCNC(=O)c1cnn(-c2ccc(F)cc2)c1-n1cccc1. The molecule has 3 aromatic heterocycles. The van der Waals surface area contributed by atoms with E-state index in [-0.39, 0.29) is 11.7 Å². The summed E-state index contributed by atoms with van der Waals surface area (Å²) < 4.78 is 16.7. The third-order valence-electron chi connectivity index (χ3n) is 4.54. The predicted molar refractivity (Wildman–Crippen MR) is 113 cm³/mol. The summed E-state index contributed by atoms with van der Waals surface area (Å²) in [7, 11) is 0. The van der Waals surface area contributed by atoms with Crippen molar-refractivity contribution < 1.29 is 9.18 Å². The average Bonchev–Trinajstić information content (AvgIpc) is 3.47. The highest BCUT2D eigenvalue weighted by molar-refractivity contribution is 5.97. The van der Waals surface area contributed by atoms with Crippen LogP contribution in [0.5, 0.6) is 0 Å². The lowest BCUT2D eigenvalue weighted by Crippen LogP contribution is -2.29. The Morgan fingerprint density at radius 2 is 1.87 bits per heavy atom. The molecule has 4 aromatic rings. The summed E-state index contributed by atoms with van der Waals surface area (Å²) in [4.78, 5) is 17.0. The number of pyridine rings is 1. The number of hydrogen-bond acceptors (Lipinski definition) is 5. The normalized spacial score (nSPS) is 10.5. The molecule has 0 bridgehead atoms. The fourth-order valence-electron chi connectivity index (χ4n) is 3.09. The molecule has 1 amide bonds. The second-order valence-corrected chi connectivity index (χ2v) is 6.55. The number of nitrogens with one attached hydrogen (secondary N) is 2. The van der Waals surface area contributed by atoms with Gasteiger partial charge < -0.3 is 15.2 Å². The molecule has 0 aliphatic rings. The monoisotopic (exact) mass is 415 g/mol. The van der Waals surface area contributed by atoms with Crippen LogP contribution >= 0.6 is 0 Å². The predicted octanol–water partition coefficient (Wildman–Crippen LogP) is 2.91. The van der Waals surface area contributed by atoms with E-state index in [1.54, 1.807) is 52.1 Å². The summed E-state index contributed by atoms with van der Waals surface area (Å²) in [5, 5.41) is 19.3. The number of aromatic nitrogens is 4. The van der Waals surface area contributed by atoms with Crippen LogP contribution in [0.3, 0.4) is 0 Å². The summed E-state index contributed by atoms with van der Waals surface area (Å²) in [6.45, 7) is 0.704. The van der Waals surface area contributed by atoms with Crippen LogP contribution in [0.4, 0.5) is 10.2 Å². The molecule has 0 unspecified atom stereocenters. The number of nitriles is 1. The molecule has 0 atom stereocenters. The molecule has 31 heavy (non-hydrogen) atoms. The second-order valence-electron chi connectivity index (χ2n) is 6.55. The van der Waals surface area contributed by atoms with Crippen LogP contribution in [0.1, 0.15) is 15.9 Å². The first kappa shape index (κ1) is 19.8. The topological polar surface area (TPSA) is 101 Å². The van der Waals surface area contributed by atoms with Gasteiger partial charge in [0.15, 0.2) is 5.82 Å². The minimum Gasteiger partial charge on any atom is -0.367 e. The Balaban J connectivity index is 1.50. The number of amides is 1. The largest absolute Gasteiger partial charge is 0.367 e. The van der Waals surface area contributed by atoms with Gasteiger partial charge >= 0.3 is 0 Å². The van der Waals surface area contributed by atoms with E-state index in [4.69, 9.17) is 5.26 Å². The third-order valence-corrected chi connectivity index (χ3v) is 4.54. The van der Waals surface area contributed by atoms with Crippen molar-refractivity contribution in [3.63, 3.8) is 0 Å². The second kappa shape index (κ2) is 8.92. The molecule has 154 valence electrons. The summed E-state index contributed by atoms with van der Waals surface area (Å²) in [5.41, 5.74) is 1.44. The van der Waals surface area contributed by atoms with Crippen molar-refractivity contribution in [1.29, 1.82) is 5.26 Å². The van der Waals surface area contributed by atoms with Crippen molar-refractivity contribution in [2.75, 3.05) is 18.4 Å². The van der Waals surface area contributed by atoms with Gasteiger partial charge in [0.2, 0.25) is 0 Å². The van der Waals surface area contributed by atoms with E-state index in [0.29, 0.717) is 41.5 Å². The number of benzene rings is 1.